The van der Waals surface area contributed by atoms with Crippen LogP contribution in [-0.4, -0.2) is 4.98 Å². The monoisotopic (exact) mass is 316 g/mol. The second-order valence-electron chi connectivity index (χ2n) is 4.99. The molecule has 21 heavy (non-hydrogen) atoms. The molecule has 106 valence electrons. The molecule has 0 saturated carbocycles. The Hall–Kier alpha value is -1.77. The van der Waals surface area contributed by atoms with Crippen molar-refractivity contribution in [2.45, 2.75) is 13.5 Å². The zero-order chi connectivity index (χ0) is 14.8. The number of hydrogen-bond donors (Lipinski definition) is 1. The van der Waals surface area contributed by atoms with E-state index < -0.39 is 0 Å². The van der Waals surface area contributed by atoms with Crippen molar-refractivity contribution in [3.05, 3.63) is 69.8 Å². The van der Waals surface area contributed by atoms with Gasteiger partial charge in [-0.2, -0.15) is 0 Å². The average Bonchev–Trinajstić information content (AvgIpc) is 2.47. The molecular weight excluding hydrogens is 303 g/mol. The molecule has 0 spiro atoms. The largest absolute Gasteiger partial charge is 0.381 e. The summed E-state index contributed by atoms with van der Waals surface area (Å²) >= 11 is 12.1. The van der Waals surface area contributed by atoms with Crippen molar-refractivity contribution in [2.75, 3.05) is 5.32 Å². The number of nitrogens with zero attached hydrogens (tertiary/aromatic N) is 1. The second kappa shape index (κ2) is 5.92. The van der Waals surface area contributed by atoms with Crippen LogP contribution >= 0.6 is 23.2 Å². The van der Waals surface area contributed by atoms with E-state index in [-0.39, 0.29) is 0 Å². The summed E-state index contributed by atoms with van der Waals surface area (Å²) in [6.07, 6.45) is 0. The minimum absolute atomic E-state index is 0.535. The third-order valence-electron chi connectivity index (χ3n) is 3.32. The van der Waals surface area contributed by atoms with Crippen molar-refractivity contribution < 1.29 is 0 Å². The van der Waals surface area contributed by atoms with Gasteiger partial charge in [0.15, 0.2) is 0 Å². The Morgan fingerprint density at radius 2 is 1.76 bits per heavy atom. The Balaban J connectivity index is 1.86. The summed E-state index contributed by atoms with van der Waals surface area (Å²) in [4.78, 5) is 4.45. The first-order valence-corrected chi connectivity index (χ1v) is 7.42. The van der Waals surface area contributed by atoms with Crippen LogP contribution in [0.4, 0.5) is 5.69 Å². The minimum atomic E-state index is 0.535. The number of halogens is 2. The summed E-state index contributed by atoms with van der Waals surface area (Å²) in [5, 5.41) is 5.69. The molecule has 1 N–H and O–H groups in total. The highest BCUT2D eigenvalue weighted by Crippen LogP contribution is 2.23. The van der Waals surface area contributed by atoms with E-state index in [1.807, 2.05) is 36.4 Å². The molecule has 0 radical (unpaired) electrons. The number of rotatable bonds is 3. The highest BCUT2D eigenvalue weighted by molar-refractivity contribution is 6.31. The lowest BCUT2D eigenvalue weighted by atomic mass is 10.1. The van der Waals surface area contributed by atoms with Gasteiger partial charge >= 0.3 is 0 Å². The van der Waals surface area contributed by atoms with Crippen molar-refractivity contribution in [3.8, 4) is 0 Å². The Labute approximate surface area is 133 Å². The van der Waals surface area contributed by atoms with Gasteiger partial charge < -0.3 is 5.32 Å². The molecule has 0 aliphatic rings. The van der Waals surface area contributed by atoms with Gasteiger partial charge in [-0.3, -0.25) is 0 Å². The van der Waals surface area contributed by atoms with Gasteiger partial charge in [-0.25, -0.2) is 4.98 Å². The molecule has 0 bridgehead atoms. The van der Waals surface area contributed by atoms with Gasteiger partial charge in [-0.15, -0.1) is 0 Å². The van der Waals surface area contributed by atoms with Crippen LogP contribution in [0.5, 0.6) is 0 Å². The van der Waals surface area contributed by atoms with E-state index in [2.05, 4.69) is 29.4 Å². The van der Waals surface area contributed by atoms with E-state index >= 15 is 0 Å². The molecule has 0 unspecified atom stereocenters. The summed E-state index contributed by atoms with van der Waals surface area (Å²) in [6.45, 7) is 2.69. The van der Waals surface area contributed by atoms with Gasteiger partial charge in [0.1, 0.15) is 5.15 Å². The van der Waals surface area contributed by atoms with Gasteiger partial charge in [0, 0.05) is 28.2 Å². The Bertz CT molecular complexity index is 783. The molecule has 3 aromatic rings. The molecule has 0 aliphatic carbocycles. The number of pyridine rings is 1. The minimum Gasteiger partial charge on any atom is -0.381 e. The molecule has 0 fully saturated rings. The Morgan fingerprint density at radius 3 is 2.52 bits per heavy atom. The fraction of sp³-hybridized carbons (Fsp3) is 0.118. The standard InChI is InChI=1S/C17H14Cl2N2/c1-11-2-7-16-12(8-11)9-13(17(19)21-16)10-20-15-5-3-14(18)4-6-15/h2-9,20H,10H2,1H3. The number of hydrogen-bond acceptors (Lipinski definition) is 2. The van der Waals surface area contributed by atoms with Gasteiger partial charge in [0.05, 0.1) is 5.52 Å². The van der Waals surface area contributed by atoms with Gasteiger partial charge in [0.2, 0.25) is 0 Å². The second-order valence-corrected chi connectivity index (χ2v) is 5.79. The molecule has 4 heteroatoms. The van der Waals surface area contributed by atoms with Gasteiger partial charge in [-0.1, -0.05) is 34.8 Å². The Morgan fingerprint density at radius 1 is 1.00 bits per heavy atom. The highest BCUT2D eigenvalue weighted by Gasteiger charge is 2.05. The molecule has 1 heterocycles. The smallest absolute Gasteiger partial charge is 0.134 e. The van der Waals surface area contributed by atoms with Crippen LogP contribution in [0.2, 0.25) is 10.2 Å². The van der Waals surface area contributed by atoms with E-state index in [9.17, 15) is 0 Å². The molecule has 0 saturated heterocycles. The number of aryl methyl sites for hydroxylation is 1. The van der Waals surface area contributed by atoms with Crippen LogP contribution in [0.25, 0.3) is 10.9 Å². The topological polar surface area (TPSA) is 24.9 Å². The maximum atomic E-state index is 6.26. The summed E-state index contributed by atoms with van der Waals surface area (Å²) in [6, 6.07) is 15.8. The van der Waals surface area contributed by atoms with E-state index in [0.29, 0.717) is 11.7 Å². The third-order valence-corrected chi connectivity index (χ3v) is 3.90. The molecule has 0 atom stereocenters. The van der Waals surface area contributed by atoms with E-state index in [1.165, 1.54) is 5.56 Å². The van der Waals surface area contributed by atoms with Crippen molar-refractivity contribution >= 4 is 39.8 Å². The van der Waals surface area contributed by atoms with Crippen molar-refractivity contribution in [1.29, 1.82) is 0 Å². The van der Waals surface area contributed by atoms with Crippen molar-refractivity contribution in [1.82, 2.24) is 4.98 Å². The van der Waals surface area contributed by atoms with Crippen molar-refractivity contribution in [3.63, 3.8) is 0 Å². The van der Waals surface area contributed by atoms with Crippen LogP contribution in [0.15, 0.2) is 48.5 Å². The quantitative estimate of drug-likeness (QED) is 0.649. The summed E-state index contributed by atoms with van der Waals surface area (Å²) in [5.41, 5.74) is 4.11. The molecule has 0 amide bonds. The predicted molar refractivity (Wildman–Crippen MR) is 90.3 cm³/mol. The number of benzene rings is 2. The van der Waals surface area contributed by atoms with Gasteiger partial charge in [-0.05, 0) is 49.4 Å². The summed E-state index contributed by atoms with van der Waals surface area (Å²) < 4.78 is 0. The fourth-order valence-electron chi connectivity index (χ4n) is 2.21. The van der Waals surface area contributed by atoms with Crippen LogP contribution < -0.4 is 5.32 Å². The number of nitrogens with one attached hydrogen (secondary N) is 1. The third kappa shape index (κ3) is 3.29. The van der Waals surface area contributed by atoms with E-state index in [1.54, 1.807) is 0 Å². The first kappa shape index (κ1) is 14.2. The lowest BCUT2D eigenvalue weighted by Gasteiger charge is -2.09. The maximum Gasteiger partial charge on any atom is 0.134 e. The number of fused-ring (bicyclic) bond motifs is 1. The normalized spacial score (nSPS) is 10.8. The van der Waals surface area contributed by atoms with E-state index in [4.69, 9.17) is 23.2 Å². The molecule has 0 aliphatic heterocycles. The zero-order valence-corrected chi connectivity index (χ0v) is 13.0. The van der Waals surface area contributed by atoms with Crippen LogP contribution in [0.3, 0.4) is 0 Å². The molecule has 2 nitrogen and oxygen atoms in total. The van der Waals surface area contributed by atoms with Crippen molar-refractivity contribution in [2.24, 2.45) is 0 Å². The maximum absolute atomic E-state index is 6.26. The summed E-state index contributed by atoms with van der Waals surface area (Å²) in [7, 11) is 0. The molecule has 2 aromatic carbocycles. The molecule has 3 rings (SSSR count). The summed E-state index contributed by atoms with van der Waals surface area (Å²) in [5.74, 6) is 0. The molecule has 1 aromatic heterocycles. The zero-order valence-electron chi connectivity index (χ0n) is 11.5. The van der Waals surface area contributed by atoms with Crippen LogP contribution in [0.1, 0.15) is 11.1 Å². The van der Waals surface area contributed by atoms with Crippen LogP contribution in [0, 0.1) is 6.92 Å². The number of aromatic nitrogens is 1. The van der Waals surface area contributed by atoms with Gasteiger partial charge in [0.25, 0.3) is 0 Å². The predicted octanol–water partition coefficient (Wildman–Crippen LogP) is 5.46. The SMILES string of the molecule is Cc1ccc2nc(Cl)c(CNc3ccc(Cl)cc3)cc2c1. The number of anilines is 1. The average molecular weight is 317 g/mol. The fourth-order valence-corrected chi connectivity index (χ4v) is 2.54. The highest BCUT2D eigenvalue weighted by atomic mass is 35.5. The van der Waals surface area contributed by atoms with Crippen LogP contribution in [-0.2, 0) is 6.54 Å². The first-order valence-electron chi connectivity index (χ1n) is 6.67. The Kier molecular flexibility index (Phi) is 4.00. The lowest BCUT2D eigenvalue weighted by Crippen LogP contribution is -2.01. The molecular formula is C17H14Cl2N2. The van der Waals surface area contributed by atoms with E-state index in [0.717, 1.165) is 27.2 Å². The first-order chi connectivity index (χ1) is 10.1. The lowest BCUT2D eigenvalue weighted by molar-refractivity contribution is 1.13.